The van der Waals surface area contributed by atoms with Crippen LogP contribution in [0.4, 0.5) is 4.79 Å². The second-order valence-corrected chi connectivity index (χ2v) is 8.01. The second kappa shape index (κ2) is 6.55. The van der Waals surface area contributed by atoms with Crippen molar-refractivity contribution >= 4 is 11.9 Å². The van der Waals surface area contributed by atoms with Crippen LogP contribution in [-0.2, 0) is 4.84 Å². The lowest BCUT2D eigenvalue weighted by atomic mass is 9.72. The van der Waals surface area contributed by atoms with E-state index in [4.69, 9.17) is 4.84 Å². The molecule has 1 aromatic rings. The zero-order valence-electron chi connectivity index (χ0n) is 15.5. The van der Waals surface area contributed by atoms with Crippen LogP contribution in [0.25, 0.3) is 0 Å². The van der Waals surface area contributed by atoms with Crippen molar-refractivity contribution in [3.05, 3.63) is 35.9 Å². The molecule has 0 spiro atoms. The number of hydrogen-bond donors (Lipinski definition) is 0. The monoisotopic (exact) mass is 332 g/mol. The van der Waals surface area contributed by atoms with Gasteiger partial charge in [-0.15, -0.1) is 5.06 Å². The van der Waals surface area contributed by atoms with Crippen molar-refractivity contribution < 1.29 is 14.4 Å². The summed E-state index contributed by atoms with van der Waals surface area (Å²) >= 11 is 0. The SMILES string of the molecule is CN(C)C(=O)ON1C(C)(C)CC(C(=O)c2ccccc2)CC1(C)C. The van der Waals surface area contributed by atoms with E-state index in [1.165, 1.54) is 4.90 Å². The van der Waals surface area contributed by atoms with E-state index < -0.39 is 17.2 Å². The van der Waals surface area contributed by atoms with Gasteiger partial charge in [-0.1, -0.05) is 30.3 Å². The number of Topliss-reactive ketones (excluding diaryl/α,β-unsaturated/α-hetero) is 1. The normalized spacial score (nSPS) is 20.4. The van der Waals surface area contributed by atoms with Crippen LogP contribution >= 0.6 is 0 Å². The van der Waals surface area contributed by atoms with E-state index in [1.54, 1.807) is 19.2 Å². The van der Waals surface area contributed by atoms with Crippen molar-refractivity contribution in [1.82, 2.24) is 9.96 Å². The zero-order valence-corrected chi connectivity index (χ0v) is 15.5. The van der Waals surface area contributed by atoms with Crippen LogP contribution in [0.5, 0.6) is 0 Å². The largest absolute Gasteiger partial charge is 0.428 e. The third kappa shape index (κ3) is 3.78. The fourth-order valence-corrected chi connectivity index (χ4v) is 3.69. The molecule has 0 atom stereocenters. The molecule has 0 saturated carbocycles. The van der Waals surface area contributed by atoms with Crippen LogP contribution in [0.3, 0.4) is 0 Å². The van der Waals surface area contributed by atoms with Gasteiger partial charge in [-0.2, -0.15) is 0 Å². The Kier molecular flexibility index (Phi) is 5.04. The van der Waals surface area contributed by atoms with Gasteiger partial charge in [0.05, 0.1) is 11.1 Å². The Morgan fingerprint density at radius 2 is 1.54 bits per heavy atom. The van der Waals surface area contributed by atoms with Crippen LogP contribution < -0.4 is 0 Å². The van der Waals surface area contributed by atoms with E-state index >= 15 is 0 Å². The Bertz CT molecular complexity index is 590. The molecular weight excluding hydrogens is 304 g/mol. The molecule has 0 unspecified atom stereocenters. The number of hydroxylamine groups is 2. The van der Waals surface area contributed by atoms with Crippen LogP contribution in [0.15, 0.2) is 30.3 Å². The predicted molar refractivity (Wildman–Crippen MR) is 93.7 cm³/mol. The molecule has 132 valence electrons. The van der Waals surface area contributed by atoms with Crippen molar-refractivity contribution in [2.24, 2.45) is 5.92 Å². The first-order chi connectivity index (χ1) is 11.0. The molecule has 0 aromatic heterocycles. The molecule has 2 rings (SSSR count). The number of carbonyl (C=O) groups excluding carboxylic acids is 2. The summed E-state index contributed by atoms with van der Waals surface area (Å²) in [5.74, 6) is 0.0713. The van der Waals surface area contributed by atoms with E-state index in [0.717, 1.165) is 5.56 Å². The Balaban J connectivity index is 2.23. The molecule has 0 aliphatic carbocycles. The van der Waals surface area contributed by atoms with E-state index in [0.29, 0.717) is 12.8 Å². The molecule has 0 radical (unpaired) electrons. The highest BCUT2D eigenvalue weighted by atomic mass is 16.7. The fraction of sp³-hybridized carbons (Fsp3) is 0.579. The maximum Gasteiger partial charge on any atom is 0.428 e. The predicted octanol–water partition coefficient (Wildman–Crippen LogP) is 3.75. The average molecular weight is 332 g/mol. The molecule has 1 heterocycles. The minimum atomic E-state index is -0.428. The minimum Gasteiger partial charge on any atom is -0.350 e. The van der Waals surface area contributed by atoms with Gasteiger partial charge < -0.3 is 9.74 Å². The molecule has 0 bridgehead atoms. The highest BCUT2D eigenvalue weighted by Crippen LogP contribution is 2.42. The van der Waals surface area contributed by atoms with Crippen molar-refractivity contribution in [2.75, 3.05) is 14.1 Å². The van der Waals surface area contributed by atoms with Gasteiger partial charge in [-0.25, -0.2) is 4.79 Å². The highest BCUT2D eigenvalue weighted by Gasteiger charge is 2.50. The molecule has 1 saturated heterocycles. The highest BCUT2D eigenvalue weighted by molar-refractivity contribution is 5.98. The number of hydrogen-bond acceptors (Lipinski definition) is 4. The maximum absolute atomic E-state index is 12.9. The molecule has 1 fully saturated rings. The number of ketones is 1. The lowest BCUT2D eigenvalue weighted by Crippen LogP contribution is -2.62. The molecule has 5 nitrogen and oxygen atoms in total. The van der Waals surface area contributed by atoms with E-state index in [9.17, 15) is 9.59 Å². The molecule has 1 aliphatic rings. The lowest BCUT2D eigenvalue weighted by molar-refractivity contribution is -0.248. The third-order valence-corrected chi connectivity index (χ3v) is 4.56. The Labute approximate surface area is 144 Å². The Hall–Kier alpha value is -1.88. The molecule has 1 aromatic carbocycles. The van der Waals surface area contributed by atoms with Gasteiger partial charge in [0.25, 0.3) is 0 Å². The summed E-state index contributed by atoms with van der Waals surface area (Å²) in [6, 6.07) is 9.41. The maximum atomic E-state index is 12.9. The second-order valence-electron chi connectivity index (χ2n) is 8.01. The average Bonchev–Trinajstić information content (AvgIpc) is 2.49. The third-order valence-electron chi connectivity index (χ3n) is 4.56. The van der Waals surface area contributed by atoms with Gasteiger partial charge in [-0.3, -0.25) is 4.79 Å². The summed E-state index contributed by atoms with van der Waals surface area (Å²) in [6.45, 7) is 8.06. The number of amides is 1. The fourth-order valence-electron chi connectivity index (χ4n) is 3.69. The summed E-state index contributed by atoms with van der Waals surface area (Å²) in [6.07, 6.45) is 0.888. The van der Waals surface area contributed by atoms with Gasteiger partial charge in [0.15, 0.2) is 5.78 Å². The van der Waals surface area contributed by atoms with Crippen LogP contribution in [0.2, 0.25) is 0 Å². The van der Waals surface area contributed by atoms with Crippen molar-refractivity contribution in [3.63, 3.8) is 0 Å². The van der Waals surface area contributed by atoms with Gasteiger partial charge in [0.1, 0.15) is 0 Å². The molecule has 0 N–H and O–H groups in total. The van der Waals surface area contributed by atoms with Gasteiger partial charge in [-0.05, 0) is 40.5 Å². The van der Waals surface area contributed by atoms with Crippen molar-refractivity contribution in [1.29, 1.82) is 0 Å². The molecule has 24 heavy (non-hydrogen) atoms. The van der Waals surface area contributed by atoms with E-state index in [-0.39, 0.29) is 11.7 Å². The summed E-state index contributed by atoms with van der Waals surface area (Å²) in [4.78, 5) is 31.9. The number of carbonyl (C=O) groups is 2. The first-order valence-corrected chi connectivity index (χ1v) is 8.33. The molecule has 5 heteroatoms. The Morgan fingerprint density at radius 1 is 1.04 bits per heavy atom. The Morgan fingerprint density at radius 3 is 2.00 bits per heavy atom. The number of benzene rings is 1. The first-order valence-electron chi connectivity index (χ1n) is 8.33. The minimum absolute atomic E-state index is 0.0910. The first kappa shape index (κ1) is 18.5. The smallest absolute Gasteiger partial charge is 0.350 e. The zero-order chi connectivity index (χ0) is 18.1. The van der Waals surface area contributed by atoms with Gasteiger partial charge >= 0.3 is 6.09 Å². The summed E-state index contributed by atoms with van der Waals surface area (Å²) in [5.41, 5.74) is -0.113. The van der Waals surface area contributed by atoms with Crippen molar-refractivity contribution in [3.8, 4) is 0 Å². The standard InChI is InChI=1S/C19H28N2O3/c1-18(2)12-15(16(22)14-10-8-7-9-11-14)13-19(3,4)21(18)24-17(23)20(5)6/h7-11,15H,12-13H2,1-6H3. The van der Waals surface area contributed by atoms with Gasteiger partial charge in [0.2, 0.25) is 0 Å². The molecule has 1 aliphatic heterocycles. The van der Waals surface area contributed by atoms with Crippen LogP contribution in [0.1, 0.15) is 50.9 Å². The van der Waals surface area contributed by atoms with Crippen LogP contribution in [-0.4, -0.2) is 47.0 Å². The van der Waals surface area contributed by atoms with Crippen LogP contribution in [0, 0.1) is 5.92 Å². The van der Waals surface area contributed by atoms with Crippen molar-refractivity contribution in [2.45, 2.75) is 51.6 Å². The van der Waals surface area contributed by atoms with E-state index in [2.05, 4.69) is 0 Å². The quantitative estimate of drug-likeness (QED) is 0.791. The molecular formula is C19H28N2O3. The molecule has 1 amide bonds. The summed E-state index contributed by atoms with van der Waals surface area (Å²) in [7, 11) is 3.32. The topological polar surface area (TPSA) is 49.9 Å². The summed E-state index contributed by atoms with van der Waals surface area (Å²) in [5, 5.41) is 1.76. The lowest BCUT2D eigenvalue weighted by Gasteiger charge is -2.52. The number of nitrogens with zero attached hydrogens (tertiary/aromatic N) is 2. The number of rotatable bonds is 3. The van der Waals surface area contributed by atoms with Gasteiger partial charge in [0, 0.05) is 25.6 Å². The summed E-state index contributed by atoms with van der Waals surface area (Å²) < 4.78 is 0. The number of piperidine rings is 1. The van der Waals surface area contributed by atoms with E-state index in [1.807, 2.05) is 58.0 Å².